The van der Waals surface area contributed by atoms with Crippen LogP contribution in [0.15, 0.2) is 23.7 Å². The zero-order valence-electron chi connectivity index (χ0n) is 13.3. The molecule has 0 fully saturated rings. The Morgan fingerprint density at radius 3 is 2.19 bits per heavy atom. The zero-order chi connectivity index (χ0) is 15.8. The summed E-state index contributed by atoms with van der Waals surface area (Å²) < 4.78 is 4.38. The average molecular weight is 289 g/mol. The number of nitriles is 1. The molecule has 0 amide bonds. The molecule has 5 nitrogen and oxygen atoms in total. The summed E-state index contributed by atoms with van der Waals surface area (Å²) in [5.74, 6) is 0. The molecule has 1 aromatic rings. The predicted octanol–water partition coefficient (Wildman–Crippen LogP) is 3.66. The Kier molecular flexibility index (Phi) is 13.2. The number of imidazole rings is 1. The molecule has 21 heavy (non-hydrogen) atoms. The van der Waals surface area contributed by atoms with Gasteiger partial charge in [0.05, 0.1) is 19.8 Å². The minimum atomic E-state index is 1.18. The summed E-state index contributed by atoms with van der Waals surface area (Å²) in [6.07, 6.45) is 18.9. The van der Waals surface area contributed by atoms with Crippen LogP contribution in [0.25, 0.3) is 5.41 Å². The minimum absolute atomic E-state index is 1.18. The number of rotatable bonds is 9. The fourth-order valence-electron chi connectivity index (χ4n) is 2.08. The average Bonchev–Trinajstić information content (AvgIpc) is 2.89. The van der Waals surface area contributed by atoms with Gasteiger partial charge in [0, 0.05) is 0 Å². The van der Waals surface area contributed by atoms with Crippen molar-refractivity contribution in [3.05, 3.63) is 24.1 Å². The highest BCUT2D eigenvalue weighted by Gasteiger charge is 1.98. The molecule has 0 radical (unpaired) electrons. The van der Waals surface area contributed by atoms with E-state index in [2.05, 4.69) is 46.8 Å². The third kappa shape index (κ3) is 12.8. The van der Waals surface area contributed by atoms with Crippen molar-refractivity contribution in [2.24, 2.45) is 12.0 Å². The van der Waals surface area contributed by atoms with E-state index in [1.54, 1.807) is 0 Å². The lowest BCUT2D eigenvalue weighted by atomic mass is 10.1. The Labute approximate surface area is 128 Å². The van der Waals surface area contributed by atoms with Crippen LogP contribution < -0.4 is 4.57 Å². The maximum absolute atomic E-state index is 7.43. The Balaban J connectivity index is 0.000000690. The first-order valence-electron chi connectivity index (χ1n) is 7.73. The summed E-state index contributed by atoms with van der Waals surface area (Å²) in [7, 11) is 2.07. The summed E-state index contributed by atoms with van der Waals surface area (Å²) in [5.41, 5.74) is 0. The first kappa shape index (κ1) is 19.1. The van der Waals surface area contributed by atoms with Gasteiger partial charge in [-0.15, -0.1) is 6.01 Å². The van der Waals surface area contributed by atoms with Crippen molar-refractivity contribution in [3.8, 4) is 6.19 Å². The standard InChI is InChI=1S/C14H27N2.C2N3/c1-3-4-5-6-7-8-9-10-11-16-13-12-15(2)14-16;3-1-5-2-4/h12-14H,3-11H2,1-2H3;/q+1;-1. The molecular weight excluding hydrogens is 262 g/mol. The lowest BCUT2D eigenvalue weighted by Gasteiger charge is -2.00. The van der Waals surface area contributed by atoms with Crippen molar-refractivity contribution in [2.45, 2.75) is 64.8 Å². The van der Waals surface area contributed by atoms with Crippen LogP contribution in [-0.4, -0.2) is 10.6 Å². The molecule has 0 spiro atoms. The molecule has 0 saturated carbocycles. The van der Waals surface area contributed by atoms with Gasteiger partial charge in [0.2, 0.25) is 6.33 Å². The van der Waals surface area contributed by atoms with Crippen molar-refractivity contribution >= 4 is 6.01 Å². The monoisotopic (exact) mass is 289 g/mol. The maximum Gasteiger partial charge on any atom is 0.243 e. The Bertz CT molecular complexity index is 438. The van der Waals surface area contributed by atoms with E-state index < -0.39 is 0 Å². The van der Waals surface area contributed by atoms with Crippen LogP contribution in [0.2, 0.25) is 0 Å². The molecule has 0 atom stereocenters. The normalized spacial score (nSPS) is 9.19. The van der Waals surface area contributed by atoms with Crippen molar-refractivity contribution in [1.82, 2.24) is 4.57 Å². The van der Waals surface area contributed by atoms with E-state index in [-0.39, 0.29) is 0 Å². The fraction of sp³-hybridized carbons (Fsp3) is 0.688. The van der Waals surface area contributed by atoms with E-state index in [0.29, 0.717) is 0 Å². The van der Waals surface area contributed by atoms with E-state index in [9.17, 15) is 0 Å². The maximum atomic E-state index is 7.43. The van der Waals surface area contributed by atoms with E-state index in [4.69, 9.17) is 10.7 Å². The number of aromatic nitrogens is 2. The Morgan fingerprint density at radius 2 is 1.76 bits per heavy atom. The number of aliphatic imine (C=N–C) groups is 1. The van der Waals surface area contributed by atoms with Gasteiger partial charge in [0.25, 0.3) is 0 Å². The number of unbranched alkanes of at least 4 members (excludes halogenated alkanes) is 7. The van der Waals surface area contributed by atoms with Gasteiger partial charge in [-0.05, 0) is 12.8 Å². The molecule has 116 valence electrons. The van der Waals surface area contributed by atoms with Gasteiger partial charge < -0.3 is 10.4 Å². The van der Waals surface area contributed by atoms with Crippen LogP contribution in [0, 0.1) is 11.5 Å². The molecule has 0 N–H and O–H groups in total. The predicted molar refractivity (Wildman–Crippen MR) is 84.6 cm³/mol. The third-order valence-corrected chi connectivity index (χ3v) is 3.19. The van der Waals surface area contributed by atoms with Crippen LogP contribution in [0.1, 0.15) is 58.3 Å². The fourth-order valence-corrected chi connectivity index (χ4v) is 2.08. The smallest absolute Gasteiger partial charge is 0.243 e. The van der Waals surface area contributed by atoms with E-state index in [1.807, 2.05) is 0 Å². The van der Waals surface area contributed by atoms with Crippen LogP contribution in [-0.2, 0) is 13.6 Å². The number of nitrogens with zero attached hydrogens (tertiary/aromatic N) is 5. The van der Waals surface area contributed by atoms with Crippen molar-refractivity contribution < 1.29 is 4.57 Å². The molecule has 0 bridgehead atoms. The molecule has 0 aliphatic rings. The highest BCUT2D eigenvalue weighted by Crippen LogP contribution is 2.08. The van der Waals surface area contributed by atoms with E-state index >= 15 is 0 Å². The summed E-state index contributed by atoms with van der Waals surface area (Å²) in [5, 5.41) is 14.9. The third-order valence-electron chi connectivity index (χ3n) is 3.19. The zero-order valence-corrected chi connectivity index (χ0v) is 13.3. The molecule has 0 saturated heterocycles. The van der Waals surface area contributed by atoms with Crippen LogP contribution in [0.4, 0.5) is 0 Å². The highest BCUT2D eigenvalue weighted by atomic mass is 15.1. The van der Waals surface area contributed by atoms with Gasteiger partial charge in [0.15, 0.2) is 0 Å². The van der Waals surface area contributed by atoms with Crippen molar-refractivity contribution in [1.29, 1.82) is 5.26 Å². The molecule has 0 unspecified atom stereocenters. The molecular formula is C16H27N5. The van der Waals surface area contributed by atoms with E-state index in [0.717, 1.165) is 0 Å². The molecule has 0 aliphatic carbocycles. The number of hydrogen-bond donors (Lipinski definition) is 0. The van der Waals surface area contributed by atoms with Gasteiger partial charge in [-0.2, -0.15) is 5.26 Å². The van der Waals surface area contributed by atoms with E-state index in [1.165, 1.54) is 70.1 Å². The van der Waals surface area contributed by atoms with Crippen LogP contribution >= 0.6 is 0 Å². The Hall–Kier alpha value is -1.92. The highest BCUT2D eigenvalue weighted by molar-refractivity contribution is 5.46. The van der Waals surface area contributed by atoms with Gasteiger partial charge in [-0.3, -0.25) is 0 Å². The van der Waals surface area contributed by atoms with Gasteiger partial charge in [-0.1, -0.05) is 45.4 Å². The second-order valence-electron chi connectivity index (χ2n) is 5.10. The summed E-state index contributed by atoms with van der Waals surface area (Å²) in [6, 6.07) is 1.28. The lowest BCUT2D eigenvalue weighted by Crippen LogP contribution is -2.23. The van der Waals surface area contributed by atoms with Crippen molar-refractivity contribution in [3.63, 3.8) is 0 Å². The minimum Gasteiger partial charge on any atom is -0.422 e. The molecule has 0 aromatic carbocycles. The SMILES string of the molecule is CCCCCCCCCCn1cc[n+](C)c1.N#CN=C=[N-]. The number of hydrogen-bond acceptors (Lipinski definition) is 2. The van der Waals surface area contributed by atoms with Crippen molar-refractivity contribution in [2.75, 3.05) is 0 Å². The molecule has 1 heterocycles. The molecule has 1 aromatic heterocycles. The topological polar surface area (TPSA) is 67.3 Å². The Morgan fingerprint density at radius 1 is 1.14 bits per heavy atom. The summed E-state index contributed by atoms with van der Waals surface area (Å²) >= 11 is 0. The lowest BCUT2D eigenvalue weighted by molar-refractivity contribution is -0.671. The van der Waals surface area contributed by atoms with Gasteiger partial charge in [0.1, 0.15) is 12.4 Å². The van der Waals surface area contributed by atoms with Gasteiger partial charge in [-0.25, -0.2) is 9.13 Å². The first-order valence-corrected chi connectivity index (χ1v) is 7.73. The largest absolute Gasteiger partial charge is 0.422 e. The quantitative estimate of drug-likeness (QED) is 0.296. The van der Waals surface area contributed by atoms with Crippen LogP contribution in [0.5, 0.6) is 0 Å². The first-order chi connectivity index (χ1) is 10.2. The molecule has 5 heteroatoms. The van der Waals surface area contributed by atoms with Crippen LogP contribution in [0.3, 0.4) is 0 Å². The van der Waals surface area contributed by atoms with Gasteiger partial charge >= 0.3 is 0 Å². The second kappa shape index (κ2) is 14.5. The number of aryl methyl sites for hydroxylation is 2. The molecule has 0 aliphatic heterocycles. The molecule has 1 rings (SSSR count). The summed E-state index contributed by atoms with van der Waals surface area (Å²) in [4.78, 5) is 2.58. The second-order valence-corrected chi connectivity index (χ2v) is 5.10. The summed E-state index contributed by atoms with van der Waals surface area (Å²) in [6.45, 7) is 3.45.